The maximum Gasteiger partial charge on any atom is 0.00756 e. The first-order chi connectivity index (χ1) is 9.84. The molecule has 0 aromatic heterocycles. The maximum atomic E-state index is 6.19. The van der Waals surface area contributed by atoms with Crippen LogP contribution in [-0.4, -0.2) is 19.6 Å². The fraction of sp³-hybridized carbons (Fsp3) is 0.667. The molecule has 3 rings (SSSR count). The zero-order valence-electron chi connectivity index (χ0n) is 12.5. The molecule has 1 aromatic rings. The fourth-order valence-corrected chi connectivity index (χ4v) is 4.12. The van der Waals surface area contributed by atoms with Crippen molar-refractivity contribution in [1.29, 1.82) is 0 Å². The number of benzene rings is 1. The quantitative estimate of drug-likeness (QED) is 0.886. The third-order valence-corrected chi connectivity index (χ3v) is 5.51. The van der Waals surface area contributed by atoms with E-state index in [0.717, 1.165) is 25.6 Å². The molecule has 2 aliphatic rings. The first-order valence-corrected chi connectivity index (χ1v) is 8.35. The second-order valence-corrected chi connectivity index (χ2v) is 6.69. The lowest BCUT2D eigenvalue weighted by atomic mass is 9.69. The van der Waals surface area contributed by atoms with Crippen LogP contribution in [0.4, 0.5) is 0 Å². The Hall–Kier alpha value is -0.860. The van der Waals surface area contributed by atoms with E-state index in [1.54, 1.807) is 5.56 Å². The minimum atomic E-state index is 0.265. The van der Waals surface area contributed by atoms with E-state index in [2.05, 4.69) is 29.6 Å². The molecule has 1 aromatic carbocycles. The lowest BCUT2D eigenvalue weighted by Gasteiger charge is -2.37. The molecule has 1 saturated carbocycles. The van der Waals surface area contributed by atoms with E-state index in [0.29, 0.717) is 0 Å². The molecule has 110 valence electrons. The highest BCUT2D eigenvalue weighted by Gasteiger charge is 2.32. The van der Waals surface area contributed by atoms with Crippen LogP contribution in [0.5, 0.6) is 0 Å². The van der Waals surface area contributed by atoms with E-state index in [9.17, 15) is 0 Å². The zero-order chi connectivity index (χ0) is 13.8. The van der Waals surface area contributed by atoms with Crippen molar-refractivity contribution in [3.8, 4) is 0 Å². The van der Waals surface area contributed by atoms with E-state index in [1.807, 2.05) is 0 Å². The molecule has 0 spiro atoms. The van der Waals surface area contributed by atoms with Gasteiger partial charge in [0.15, 0.2) is 0 Å². The Balaban J connectivity index is 1.85. The molecular weight excluding hydrogens is 244 g/mol. The second kappa shape index (κ2) is 6.28. The van der Waals surface area contributed by atoms with Crippen LogP contribution in [0, 0.1) is 0 Å². The molecule has 1 aliphatic carbocycles. The summed E-state index contributed by atoms with van der Waals surface area (Å²) in [6, 6.07) is 9.39. The highest BCUT2D eigenvalue weighted by molar-refractivity contribution is 5.33. The van der Waals surface area contributed by atoms with Gasteiger partial charge in [0.25, 0.3) is 0 Å². The molecule has 2 heteroatoms. The van der Waals surface area contributed by atoms with Gasteiger partial charge in [-0.1, -0.05) is 43.5 Å². The van der Waals surface area contributed by atoms with E-state index < -0.39 is 0 Å². The van der Waals surface area contributed by atoms with Gasteiger partial charge >= 0.3 is 0 Å². The molecule has 1 aliphatic heterocycles. The minimum Gasteiger partial charge on any atom is -0.330 e. The monoisotopic (exact) mass is 272 g/mol. The van der Waals surface area contributed by atoms with E-state index in [-0.39, 0.29) is 5.41 Å². The molecule has 2 fully saturated rings. The molecular formula is C18H28N2. The van der Waals surface area contributed by atoms with Crippen LogP contribution in [0.2, 0.25) is 0 Å². The minimum absolute atomic E-state index is 0.265. The van der Waals surface area contributed by atoms with Crippen molar-refractivity contribution in [2.45, 2.75) is 56.3 Å². The Bertz CT molecular complexity index is 429. The van der Waals surface area contributed by atoms with Gasteiger partial charge in [0.1, 0.15) is 0 Å². The summed E-state index contributed by atoms with van der Waals surface area (Å²) < 4.78 is 0. The Morgan fingerprint density at radius 2 is 1.85 bits per heavy atom. The van der Waals surface area contributed by atoms with Crippen LogP contribution in [0.3, 0.4) is 0 Å². The Morgan fingerprint density at radius 3 is 2.55 bits per heavy atom. The normalized spacial score (nSPS) is 23.6. The van der Waals surface area contributed by atoms with Crippen LogP contribution in [0.25, 0.3) is 0 Å². The van der Waals surface area contributed by atoms with Crippen LogP contribution in [0.15, 0.2) is 24.3 Å². The highest BCUT2D eigenvalue weighted by atomic mass is 14.9. The molecule has 20 heavy (non-hydrogen) atoms. The molecule has 0 amide bonds. The molecule has 2 nitrogen and oxygen atoms in total. The third-order valence-electron chi connectivity index (χ3n) is 5.51. The van der Waals surface area contributed by atoms with Gasteiger partial charge < -0.3 is 11.1 Å². The standard InChI is InChI=1S/C18H28N2/c19-14-18(9-2-1-3-10-18)17-6-4-5-16(13-17)15-7-11-20-12-8-15/h4-6,13,15,20H,1-3,7-12,14,19H2. The van der Waals surface area contributed by atoms with Gasteiger partial charge in [0.05, 0.1) is 0 Å². The van der Waals surface area contributed by atoms with Crippen molar-refractivity contribution >= 4 is 0 Å². The molecule has 0 radical (unpaired) electrons. The number of hydrogen-bond donors (Lipinski definition) is 2. The fourth-order valence-electron chi connectivity index (χ4n) is 4.12. The van der Waals surface area contributed by atoms with Gasteiger partial charge in [-0.15, -0.1) is 0 Å². The van der Waals surface area contributed by atoms with Gasteiger partial charge in [-0.3, -0.25) is 0 Å². The summed E-state index contributed by atoms with van der Waals surface area (Å²) in [4.78, 5) is 0. The first-order valence-electron chi connectivity index (χ1n) is 8.35. The average Bonchev–Trinajstić information content (AvgIpc) is 2.56. The third kappa shape index (κ3) is 2.77. The second-order valence-electron chi connectivity index (χ2n) is 6.69. The summed E-state index contributed by atoms with van der Waals surface area (Å²) in [5.74, 6) is 0.745. The largest absolute Gasteiger partial charge is 0.330 e. The highest BCUT2D eigenvalue weighted by Crippen LogP contribution is 2.39. The Morgan fingerprint density at radius 1 is 1.10 bits per heavy atom. The van der Waals surface area contributed by atoms with Crippen LogP contribution < -0.4 is 11.1 Å². The Labute approximate surface area is 123 Å². The first kappa shape index (κ1) is 14.1. The Kier molecular flexibility index (Phi) is 4.42. The van der Waals surface area contributed by atoms with Crippen molar-refractivity contribution in [2.75, 3.05) is 19.6 Å². The number of hydrogen-bond acceptors (Lipinski definition) is 2. The maximum absolute atomic E-state index is 6.19. The van der Waals surface area contributed by atoms with Gasteiger partial charge in [-0.2, -0.15) is 0 Å². The van der Waals surface area contributed by atoms with E-state index >= 15 is 0 Å². The molecule has 0 bridgehead atoms. The lowest BCUT2D eigenvalue weighted by Crippen LogP contribution is -2.37. The van der Waals surface area contributed by atoms with Crippen LogP contribution in [0.1, 0.15) is 62.0 Å². The van der Waals surface area contributed by atoms with Gasteiger partial charge in [0, 0.05) is 12.0 Å². The van der Waals surface area contributed by atoms with Crippen LogP contribution >= 0.6 is 0 Å². The predicted octanol–water partition coefficient (Wildman–Crippen LogP) is 3.31. The van der Waals surface area contributed by atoms with Crippen molar-refractivity contribution < 1.29 is 0 Å². The van der Waals surface area contributed by atoms with Crippen LogP contribution in [-0.2, 0) is 5.41 Å². The van der Waals surface area contributed by atoms with Gasteiger partial charge in [-0.25, -0.2) is 0 Å². The molecule has 3 N–H and O–H groups in total. The molecule has 0 unspecified atom stereocenters. The number of piperidine rings is 1. The topological polar surface area (TPSA) is 38.0 Å². The summed E-state index contributed by atoms with van der Waals surface area (Å²) in [5.41, 5.74) is 9.51. The molecule has 0 atom stereocenters. The zero-order valence-corrected chi connectivity index (χ0v) is 12.5. The molecule has 1 saturated heterocycles. The van der Waals surface area contributed by atoms with E-state index in [1.165, 1.54) is 50.5 Å². The van der Waals surface area contributed by atoms with Gasteiger partial charge in [0.2, 0.25) is 0 Å². The van der Waals surface area contributed by atoms with Crippen molar-refractivity contribution in [3.05, 3.63) is 35.4 Å². The molecule has 1 heterocycles. The summed E-state index contributed by atoms with van der Waals surface area (Å²) in [5, 5.41) is 3.46. The summed E-state index contributed by atoms with van der Waals surface area (Å²) >= 11 is 0. The SMILES string of the molecule is NCC1(c2cccc(C3CCNCC3)c2)CCCCC1. The number of nitrogens with two attached hydrogens (primary N) is 1. The van der Waals surface area contributed by atoms with Gasteiger partial charge in [-0.05, 0) is 55.8 Å². The average molecular weight is 272 g/mol. The number of nitrogens with one attached hydrogen (secondary N) is 1. The van der Waals surface area contributed by atoms with Crippen molar-refractivity contribution in [2.24, 2.45) is 5.73 Å². The van der Waals surface area contributed by atoms with Crippen molar-refractivity contribution in [1.82, 2.24) is 5.32 Å². The lowest BCUT2D eigenvalue weighted by molar-refractivity contribution is 0.300. The summed E-state index contributed by atoms with van der Waals surface area (Å²) in [6.45, 7) is 3.14. The van der Waals surface area contributed by atoms with E-state index in [4.69, 9.17) is 5.73 Å². The van der Waals surface area contributed by atoms with Crippen molar-refractivity contribution in [3.63, 3.8) is 0 Å². The number of rotatable bonds is 3. The smallest absolute Gasteiger partial charge is 0.00756 e. The summed E-state index contributed by atoms with van der Waals surface area (Å²) in [7, 11) is 0. The summed E-state index contributed by atoms with van der Waals surface area (Å²) in [6.07, 6.45) is 9.18. The predicted molar refractivity (Wildman–Crippen MR) is 85.1 cm³/mol.